The minimum absolute atomic E-state index is 0.0543. The van der Waals surface area contributed by atoms with Crippen molar-refractivity contribution in [3.8, 4) is 11.5 Å². The molecule has 0 saturated carbocycles. The standard InChI is InChI=1S/C13H9FN2O5/c14-11-6-3-9(17)7-12(11)15-13(18)21-10-4-1-8(2-5-10)16(19)20/h1-7,17H,(H,15,18). The van der Waals surface area contributed by atoms with E-state index in [2.05, 4.69) is 5.32 Å². The number of non-ortho nitro benzene ring substituents is 1. The minimum atomic E-state index is -0.992. The predicted octanol–water partition coefficient (Wildman–Crippen LogP) is 3.05. The van der Waals surface area contributed by atoms with E-state index in [-0.39, 0.29) is 22.9 Å². The number of aromatic hydroxyl groups is 1. The van der Waals surface area contributed by atoms with Crippen molar-refractivity contribution in [2.45, 2.75) is 0 Å². The highest BCUT2D eigenvalue weighted by Crippen LogP contribution is 2.21. The van der Waals surface area contributed by atoms with Crippen LogP contribution in [-0.4, -0.2) is 16.1 Å². The highest BCUT2D eigenvalue weighted by molar-refractivity contribution is 5.86. The Kier molecular flexibility index (Phi) is 3.98. The summed E-state index contributed by atoms with van der Waals surface area (Å²) in [4.78, 5) is 21.4. The Balaban J connectivity index is 2.04. The Morgan fingerprint density at radius 3 is 2.52 bits per heavy atom. The fourth-order valence-electron chi connectivity index (χ4n) is 1.49. The maximum Gasteiger partial charge on any atom is 0.417 e. The summed E-state index contributed by atoms with van der Waals surface area (Å²) in [6.07, 6.45) is -0.992. The summed E-state index contributed by atoms with van der Waals surface area (Å²) in [5.41, 5.74) is -0.399. The average Bonchev–Trinajstić information content (AvgIpc) is 2.43. The molecule has 7 nitrogen and oxygen atoms in total. The first-order valence-electron chi connectivity index (χ1n) is 5.67. The van der Waals surface area contributed by atoms with Crippen molar-refractivity contribution in [1.82, 2.24) is 0 Å². The fourth-order valence-corrected chi connectivity index (χ4v) is 1.49. The molecule has 0 aliphatic carbocycles. The Bertz CT molecular complexity index is 687. The van der Waals surface area contributed by atoms with E-state index in [4.69, 9.17) is 4.74 Å². The summed E-state index contributed by atoms with van der Waals surface area (Å²) in [6, 6.07) is 7.92. The van der Waals surface area contributed by atoms with E-state index in [1.165, 1.54) is 12.1 Å². The lowest BCUT2D eigenvalue weighted by Gasteiger charge is -2.07. The Morgan fingerprint density at radius 2 is 1.90 bits per heavy atom. The topological polar surface area (TPSA) is 102 Å². The van der Waals surface area contributed by atoms with Crippen molar-refractivity contribution in [2.24, 2.45) is 0 Å². The quantitative estimate of drug-likeness (QED) is 0.668. The van der Waals surface area contributed by atoms with Gasteiger partial charge in [-0.3, -0.25) is 15.4 Å². The van der Waals surface area contributed by atoms with Crippen LogP contribution in [0.5, 0.6) is 11.5 Å². The molecule has 2 aromatic rings. The van der Waals surface area contributed by atoms with Crippen LogP contribution in [-0.2, 0) is 0 Å². The number of nitrogens with zero attached hydrogens (tertiary/aromatic N) is 1. The number of hydrogen-bond donors (Lipinski definition) is 2. The van der Waals surface area contributed by atoms with Gasteiger partial charge >= 0.3 is 6.09 Å². The number of anilines is 1. The molecule has 0 fully saturated rings. The van der Waals surface area contributed by atoms with Gasteiger partial charge in [0.05, 0.1) is 10.6 Å². The fraction of sp³-hybridized carbons (Fsp3) is 0. The summed E-state index contributed by atoms with van der Waals surface area (Å²) >= 11 is 0. The van der Waals surface area contributed by atoms with E-state index in [9.17, 15) is 24.4 Å². The number of nitro benzene ring substituents is 1. The van der Waals surface area contributed by atoms with Gasteiger partial charge in [0.15, 0.2) is 0 Å². The molecular weight excluding hydrogens is 283 g/mol. The largest absolute Gasteiger partial charge is 0.508 e. The van der Waals surface area contributed by atoms with Gasteiger partial charge in [0.2, 0.25) is 0 Å². The van der Waals surface area contributed by atoms with Gasteiger partial charge < -0.3 is 9.84 Å². The van der Waals surface area contributed by atoms with E-state index in [1.807, 2.05) is 0 Å². The monoisotopic (exact) mass is 292 g/mol. The molecule has 0 saturated heterocycles. The zero-order valence-corrected chi connectivity index (χ0v) is 10.4. The third-order valence-electron chi connectivity index (χ3n) is 2.44. The molecule has 0 heterocycles. The number of benzene rings is 2. The third kappa shape index (κ3) is 3.66. The number of carbonyl (C=O) groups is 1. The zero-order chi connectivity index (χ0) is 15.4. The second kappa shape index (κ2) is 5.87. The van der Waals surface area contributed by atoms with Crippen LogP contribution in [0.25, 0.3) is 0 Å². The first-order valence-corrected chi connectivity index (χ1v) is 5.67. The zero-order valence-electron chi connectivity index (χ0n) is 10.4. The van der Waals surface area contributed by atoms with Crippen LogP contribution >= 0.6 is 0 Å². The van der Waals surface area contributed by atoms with Crippen molar-refractivity contribution in [3.63, 3.8) is 0 Å². The maximum atomic E-state index is 13.4. The molecule has 2 N–H and O–H groups in total. The summed E-state index contributed by atoms with van der Waals surface area (Å²) in [5, 5.41) is 21.8. The molecule has 0 aliphatic heterocycles. The molecule has 108 valence electrons. The molecule has 21 heavy (non-hydrogen) atoms. The molecule has 1 amide bonds. The van der Waals surface area contributed by atoms with Gasteiger partial charge in [0, 0.05) is 18.2 Å². The van der Waals surface area contributed by atoms with Crippen LogP contribution in [0.3, 0.4) is 0 Å². The first-order chi connectivity index (χ1) is 9.95. The summed E-state index contributed by atoms with van der Waals surface area (Å²) < 4.78 is 18.2. The molecule has 2 rings (SSSR count). The summed E-state index contributed by atoms with van der Waals surface area (Å²) in [7, 11) is 0. The van der Waals surface area contributed by atoms with Gasteiger partial charge in [-0.25, -0.2) is 9.18 Å². The van der Waals surface area contributed by atoms with Crippen LogP contribution in [0.4, 0.5) is 20.6 Å². The van der Waals surface area contributed by atoms with Crippen LogP contribution in [0.1, 0.15) is 0 Å². The van der Waals surface area contributed by atoms with Gasteiger partial charge in [0.1, 0.15) is 17.3 Å². The lowest BCUT2D eigenvalue weighted by molar-refractivity contribution is -0.384. The van der Waals surface area contributed by atoms with Crippen molar-refractivity contribution >= 4 is 17.5 Å². The van der Waals surface area contributed by atoms with Crippen LogP contribution in [0, 0.1) is 15.9 Å². The van der Waals surface area contributed by atoms with E-state index in [1.54, 1.807) is 0 Å². The lowest BCUT2D eigenvalue weighted by Crippen LogP contribution is -2.17. The number of phenols is 1. The molecule has 0 bridgehead atoms. The second-order valence-electron chi connectivity index (χ2n) is 3.93. The van der Waals surface area contributed by atoms with Gasteiger partial charge in [-0.1, -0.05) is 0 Å². The Labute approximate surface area is 117 Å². The molecule has 2 aromatic carbocycles. The molecule has 8 heteroatoms. The number of halogens is 1. The van der Waals surface area contributed by atoms with Crippen molar-refractivity contribution in [2.75, 3.05) is 5.32 Å². The smallest absolute Gasteiger partial charge is 0.417 e. The van der Waals surface area contributed by atoms with Gasteiger partial charge in [0.25, 0.3) is 5.69 Å². The van der Waals surface area contributed by atoms with Gasteiger partial charge in [-0.2, -0.15) is 0 Å². The number of ether oxygens (including phenoxy) is 1. The van der Waals surface area contributed by atoms with Crippen molar-refractivity contribution in [3.05, 3.63) is 58.4 Å². The summed E-state index contributed by atoms with van der Waals surface area (Å²) in [5.74, 6) is -0.908. The predicted molar refractivity (Wildman–Crippen MR) is 70.8 cm³/mol. The molecule has 0 spiro atoms. The van der Waals surface area contributed by atoms with E-state index >= 15 is 0 Å². The van der Waals surface area contributed by atoms with Crippen LogP contribution in [0.15, 0.2) is 42.5 Å². The molecule has 0 aliphatic rings. The van der Waals surface area contributed by atoms with Crippen molar-refractivity contribution in [1.29, 1.82) is 0 Å². The highest BCUT2D eigenvalue weighted by Gasteiger charge is 2.11. The SMILES string of the molecule is O=C(Nc1cc(O)ccc1F)Oc1ccc([N+](=O)[O-])cc1. The Morgan fingerprint density at radius 1 is 1.24 bits per heavy atom. The summed E-state index contributed by atoms with van der Waals surface area (Å²) in [6.45, 7) is 0. The van der Waals surface area contributed by atoms with Gasteiger partial charge in [-0.05, 0) is 24.3 Å². The molecular formula is C13H9FN2O5. The normalized spacial score (nSPS) is 9.95. The molecule has 0 aromatic heterocycles. The maximum absolute atomic E-state index is 13.4. The minimum Gasteiger partial charge on any atom is -0.508 e. The van der Waals surface area contributed by atoms with Crippen LogP contribution in [0.2, 0.25) is 0 Å². The first kappa shape index (κ1) is 14.3. The average molecular weight is 292 g/mol. The molecule has 0 atom stereocenters. The van der Waals surface area contributed by atoms with E-state index in [0.717, 1.165) is 30.3 Å². The lowest BCUT2D eigenvalue weighted by atomic mass is 10.3. The van der Waals surface area contributed by atoms with Crippen molar-refractivity contribution < 1.29 is 24.0 Å². The van der Waals surface area contributed by atoms with E-state index in [0.29, 0.717) is 0 Å². The third-order valence-corrected chi connectivity index (χ3v) is 2.44. The molecule has 0 radical (unpaired) electrons. The molecule has 0 unspecified atom stereocenters. The number of hydrogen-bond acceptors (Lipinski definition) is 5. The van der Waals surface area contributed by atoms with Gasteiger partial charge in [-0.15, -0.1) is 0 Å². The number of rotatable bonds is 3. The number of carbonyl (C=O) groups excluding carboxylic acids is 1. The number of phenolic OH excluding ortho intramolecular Hbond substituents is 1. The number of amides is 1. The highest BCUT2D eigenvalue weighted by atomic mass is 19.1. The number of nitro groups is 1. The number of nitrogens with one attached hydrogen (secondary N) is 1. The van der Waals surface area contributed by atoms with Crippen LogP contribution < -0.4 is 10.1 Å². The van der Waals surface area contributed by atoms with E-state index < -0.39 is 16.8 Å². The second-order valence-corrected chi connectivity index (χ2v) is 3.93. The Hall–Kier alpha value is -3.16.